The van der Waals surface area contributed by atoms with Crippen LogP contribution in [0, 0.1) is 6.92 Å². The molecule has 0 N–H and O–H groups in total. The number of rotatable bonds is 4. The molecule has 1 heteroatoms. The van der Waals surface area contributed by atoms with Crippen LogP contribution < -0.4 is 0 Å². The van der Waals surface area contributed by atoms with E-state index in [1.54, 1.807) is 0 Å². The monoisotopic (exact) mass is 221 g/mol. The molecule has 0 saturated carbocycles. The highest BCUT2D eigenvalue weighted by atomic mass is 19.1. The highest BCUT2D eigenvalue weighted by molar-refractivity contribution is 5.35. The normalized spacial score (nSPS) is 13.5. The summed E-state index contributed by atoms with van der Waals surface area (Å²) in [5, 5.41) is 0. The fourth-order valence-electron chi connectivity index (χ4n) is 1.69. The summed E-state index contributed by atoms with van der Waals surface area (Å²) in [6, 6.07) is 6.41. The summed E-state index contributed by atoms with van der Waals surface area (Å²) in [7, 11) is 0. The van der Waals surface area contributed by atoms with E-state index in [1.165, 1.54) is 11.1 Å². The molecule has 1 aromatic carbocycles. The van der Waals surface area contributed by atoms with Crippen LogP contribution in [-0.2, 0) is 0 Å². The van der Waals surface area contributed by atoms with Crippen molar-refractivity contribution in [2.45, 2.75) is 45.4 Å². The topological polar surface area (TPSA) is 0 Å². The van der Waals surface area contributed by atoms with E-state index in [-0.39, 0.29) is 12.6 Å². The smallest absolute Gasteiger partial charge is 0.0962 e. The van der Waals surface area contributed by atoms with Crippen molar-refractivity contribution in [1.82, 2.24) is 0 Å². The molecule has 1 rings (SSSR count). The molecule has 0 aliphatic heterocycles. The first-order valence-corrected chi connectivity index (χ1v) is 5.99. The van der Waals surface area contributed by atoms with Gasteiger partial charge in [0.05, 0.1) is 6.67 Å². The molecular weight excluding hydrogens is 199 g/mol. The summed E-state index contributed by atoms with van der Waals surface area (Å²) in [6.45, 7) is 12.1. The SMILES string of the molecule is [CH2]C(CF)c1cc(C(C)C)cc(C(C)C)c1. The molecule has 1 aromatic rings. The van der Waals surface area contributed by atoms with E-state index in [9.17, 15) is 4.39 Å². The third kappa shape index (κ3) is 3.07. The minimum absolute atomic E-state index is 0.240. The Bertz CT molecular complexity index is 313. The summed E-state index contributed by atoms with van der Waals surface area (Å²) in [4.78, 5) is 0. The molecule has 0 aliphatic carbocycles. The summed E-state index contributed by atoms with van der Waals surface area (Å²) in [6.07, 6.45) is 0. The summed E-state index contributed by atoms with van der Waals surface area (Å²) >= 11 is 0. The lowest BCUT2D eigenvalue weighted by Crippen LogP contribution is -2.01. The molecule has 0 fully saturated rings. The molecule has 1 radical (unpaired) electrons. The maximum absolute atomic E-state index is 12.7. The van der Waals surface area contributed by atoms with Gasteiger partial charge < -0.3 is 0 Å². The molecular formula is C15H22F. The van der Waals surface area contributed by atoms with Gasteiger partial charge in [-0.2, -0.15) is 0 Å². The second-order valence-electron chi connectivity index (χ2n) is 5.09. The van der Waals surface area contributed by atoms with Crippen LogP contribution in [0.2, 0.25) is 0 Å². The molecule has 1 atom stereocenters. The van der Waals surface area contributed by atoms with E-state index in [2.05, 4.69) is 52.8 Å². The molecule has 0 aromatic heterocycles. The Morgan fingerprint density at radius 2 is 1.31 bits per heavy atom. The van der Waals surface area contributed by atoms with Crippen LogP contribution in [0.5, 0.6) is 0 Å². The van der Waals surface area contributed by atoms with Crippen molar-refractivity contribution in [2.24, 2.45) is 0 Å². The number of hydrogen-bond acceptors (Lipinski definition) is 0. The highest BCUT2D eigenvalue weighted by Crippen LogP contribution is 2.27. The van der Waals surface area contributed by atoms with Gasteiger partial charge in [0.2, 0.25) is 0 Å². The Morgan fingerprint density at radius 3 is 1.62 bits per heavy atom. The van der Waals surface area contributed by atoms with Crippen LogP contribution in [-0.4, -0.2) is 6.67 Å². The summed E-state index contributed by atoms with van der Waals surface area (Å²) in [5.74, 6) is 0.713. The Hall–Kier alpha value is -0.850. The van der Waals surface area contributed by atoms with Crippen molar-refractivity contribution in [3.63, 3.8) is 0 Å². The van der Waals surface area contributed by atoms with Crippen molar-refractivity contribution in [3.8, 4) is 0 Å². The van der Waals surface area contributed by atoms with Crippen LogP contribution in [0.4, 0.5) is 4.39 Å². The molecule has 0 aliphatic rings. The number of alkyl halides is 1. The Kier molecular flexibility index (Phi) is 4.52. The number of benzene rings is 1. The fourth-order valence-corrected chi connectivity index (χ4v) is 1.69. The lowest BCUT2D eigenvalue weighted by Gasteiger charge is -2.16. The Morgan fingerprint density at radius 1 is 0.938 bits per heavy atom. The maximum atomic E-state index is 12.7. The van der Waals surface area contributed by atoms with Crippen molar-refractivity contribution < 1.29 is 4.39 Å². The van der Waals surface area contributed by atoms with E-state index in [0.717, 1.165) is 5.56 Å². The zero-order valence-electron chi connectivity index (χ0n) is 10.8. The van der Waals surface area contributed by atoms with E-state index < -0.39 is 0 Å². The molecule has 0 heterocycles. The lowest BCUT2D eigenvalue weighted by molar-refractivity contribution is 0.465. The summed E-state index contributed by atoms with van der Waals surface area (Å²) < 4.78 is 12.7. The predicted octanol–water partition coefficient (Wildman–Crippen LogP) is 4.82. The van der Waals surface area contributed by atoms with E-state index in [1.807, 2.05) is 0 Å². The first-order valence-electron chi connectivity index (χ1n) is 5.99. The van der Waals surface area contributed by atoms with E-state index in [4.69, 9.17) is 0 Å². The molecule has 1 unspecified atom stereocenters. The molecule has 0 nitrogen and oxygen atoms in total. The third-order valence-electron chi connectivity index (χ3n) is 2.99. The largest absolute Gasteiger partial charge is 0.250 e. The van der Waals surface area contributed by atoms with Gasteiger partial charge in [-0.05, 0) is 35.4 Å². The predicted molar refractivity (Wildman–Crippen MR) is 68.7 cm³/mol. The Balaban J connectivity index is 3.18. The average Bonchev–Trinajstić information content (AvgIpc) is 2.27. The van der Waals surface area contributed by atoms with Gasteiger partial charge in [0.15, 0.2) is 0 Å². The van der Waals surface area contributed by atoms with Crippen molar-refractivity contribution >= 4 is 0 Å². The van der Waals surface area contributed by atoms with Gasteiger partial charge in [-0.15, -0.1) is 0 Å². The van der Waals surface area contributed by atoms with Crippen molar-refractivity contribution in [3.05, 3.63) is 41.8 Å². The van der Waals surface area contributed by atoms with Crippen LogP contribution in [0.3, 0.4) is 0 Å². The van der Waals surface area contributed by atoms with Gasteiger partial charge in [0, 0.05) is 5.92 Å². The van der Waals surface area contributed by atoms with E-state index >= 15 is 0 Å². The van der Waals surface area contributed by atoms with Gasteiger partial charge in [-0.1, -0.05) is 45.9 Å². The third-order valence-corrected chi connectivity index (χ3v) is 2.99. The lowest BCUT2D eigenvalue weighted by atomic mass is 9.89. The average molecular weight is 221 g/mol. The molecule has 0 saturated heterocycles. The molecule has 0 spiro atoms. The second-order valence-corrected chi connectivity index (χ2v) is 5.09. The first-order chi connectivity index (χ1) is 7.45. The number of hydrogen-bond donors (Lipinski definition) is 0. The minimum atomic E-state index is -0.390. The summed E-state index contributed by atoms with van der Waals surface area (Å²) in [5.41, 5.74) is 3.59. The quantitative estimate of drug-likeness (QED) is 0.683. The zero-order valence-corrected chi connectivity index (χ0v) is 10.8. The van der Waals surface area contributed by atoms with Crippen molar-refractivity contribution in [1.29, 1.82) is 0 Å². The maximum Gasteiger partial charge on any atom is 0.0962 e. The van der Waals surface area contributed by atoms with Crippen LogP contribution in [0.1, 0.15) is 62.1 Å². The molecule has 0 amide bonds. The molecule has 0 bridgehead atoms. The van der Waals surface area contributed by atoms with Gasteiger partial charge >= 0.3 is 0 Å². The van der Waals surface area contributed by atoms with E-state index in [0.29, 0.717) is 11.8 Å². The highest BCUT2D eigenvalue weighted by Gasteiger charge is 2.11. The van der Waals surface area contributed by atoms with Gasteiger partial charge in [0.25, 0.3) is 0 Å². The van der Waals surface area contributed by atoms with Crippen molar-refractivity contribution in [2.75, 3.05) is 6.67 Å². The Labute approximate surface area is 98.9 Å². The molecule has 89 valence electrons. The number of halogens is 1. The zero-order chi connectivity index (χ0) is 12.3. The van der Waals surface area contributed by atoms with Gasteiger partial charge in [0.1, 0.15) is 0 Å². The fraction of sp³-hybridized carbons (Fsp3) is 0.533. The van der Waals surface area contributed by atoms with Gasteiger partial charge in [-0.3, -0.25) is 4.39 Å². The van der Waals surface area contributed by atoms with Crippen LogP contribution >= 0.6 is 0 Å². The minimum Gasteiger partial charge on any atom is -0.250 e. The van der Waals surface area contributed by atoms with Crippen LogP contribution in [0.15, 0.2) is 18.2 Å². The van der Waals surface area contributed by atoms with Crippen LogP contribution in [0.25, 0.3) is 0 Å². The molecule has 16 heavy (non-hydrogen) atoms. The first kappa shape index (κ1) is 13.2. The standard InChI is InChI=1S/C15H22F/c1-10(2)13-6-14(11(3)4)8-15(7-13)12(5)9-16/h6-8,10-12H,5,9H2,1-4H3. The second kappa shape index (κ2) is 5.47. The van der Waals surface area contributed by atoms with Gasteiger partial charge in [-0.25, -0.2) is 0 Å².